The molecule has 1 saturated heterocycles. The zero-order valence-corrected chi connectivity index (χ0v) is 8.08. The number of hydrogen-bond donors (Lipinski definition) is 1. The van der Waals surface area contributed by atoms with E-state index in [9.17, 15) is 4.79 Å². The molecule has 1 N–H and O–H groups in total. The molecule has 1 aliphatic carbocycles. The smallest absolute Gasteiger partial charge is 0.225 e. The molecule has 1 amide bonds. The maximum atomic E-state index is 11.6. The molecule has 2 rings (SSSR count). The Morgan fingerprint density at radius 2 is 2.23 bits per heavy atom. The lowest BCUT2D eigenvalue weighted by Crippen LogP contribution is -2.45. The van der Waals surface area contributed by atoms with Gasteiger partial charge in [-0.3, -0.25) is 4.79 Å². The molecule has 3 heteroatoms. The highest BCUT2D eigenvalue weighted by Crippen LogP contribution is 2.26. The molecule has 1 saturated carbocycles. The Hall–Kier alpha value is -0.570. The molecule has 0 aromatic carbocycles. The molecule has 0 spiro atoms. The zero-order chi connectivity index (χ0) is 9.26. The summed E-state index contributed by atoms with van der Waals surface area (Å²) in [6.45, 7) is 3.59. The molecule has 1 heterocycles. The quantitative estimate of drug-likeness (QED) is 0.692. The summed E-state index contributed by atoms with van der Waals surface area (Å²) in [5, 5.41) is 3.07. The van der Waals surface area contributed by atoms with Crippen LogP contribution in [0.4, 0.5) is 0 Å². The summed E-state index contributed by atoms with van der Waals surface area (Å²) in [6.07, 6.45) is 3.20. The van der Waals surface area contributed by atoms with Crippen molar-refractivity contribution in [3.8, 4) is 0 Å². The van der Waals surface area contributed by atoms with Crippen LogP contribution in [0.15, 0.2) is 0 Å². The highest BCUT2D eigenvalue weighted by Gasteiger charge is 2.30. The predicted octanol–water partition coefficient (Wildman–Crippen LogP) is 0.938. The third-order valence-corrected chi connectivity index (χ3v) is 3.02. The second kappa shape index (κ2) is 3.66. The van der Waals surface area contributed by atoms with Gasteiger partial charge in [-0.15, -0.1) is 0 Å². The normalized spacial score (nSPS) is 38.4. The van der Waals surface area contributed by atoms with Crippen molar-refractivity contribution < 1.29 is 9.53 Å². The highest BCUT2D eigenvalue weighted by atomic mass is 16.5. The SMILES string of the molecule is CC1CC(NC(=O)C2CCOC2)C1. The molecule has 1 unspecified atom stereocenters. The van der Waals surface area contributed by atoms with Gasteiger partial charge in [0, 0.05) is 12.6 Å². The Bertz CT molecular complexity index is 193. The summed E-state index contributed by atoms with van der Waals surface area (Å²) in [6, 6.07) is 0.447. The first kappa shape index (κ1) is 9.00. The molecule has 0 radical (unpaired) electrons. The van der Waals surface area contributed by atoms with Crippen LogP contribution in [0, 0.1) is 11.8 Å². The third kappa shape index (κ3) is 2.02. The molecule has 3 nitrogen and oxygen atoms in total. The molecule has 0 aromatic rings. The van der Waals surface area contributed by atoms with E-state index >= 15 is 0 Å². The van der Waals surface area contributed by atoms with Gasteiger partial charge in [-0.1, -0.05) is 6.92 Å². The summed E-state index contributed by atoms with van der Waals surface area (Å²) < 4.78 is 5.17. The molecular formula is C10H17NO2. The molecule has 1 aliphatic heterocycles. The van der Waals surface area contributed by atoms with Crippen molar-refractivity contribution in [1.29, 1.82) is 0 Å². The predicted molar refractivity (Wildman–Crippen MR) is 49.3 cm³/mol. The van der Waals surface area contributed by atoms with Crippen LogP contribution < -0.4 is 5.32 Å². The number of carbonyl (C=O) groups is 1. The van der Waals surface area contributed by atoms with E-state index in [1.165, 1.54) is 0 Å². The Labute approximate surface area is 78.8 Å². The van der Waals surface area contributed by atoms with Crippen molar-refractivity contribution in [2.45, 2.75) is 32.2 Å². The number of carbonyl (C=O) groups excluding carboxylic acids is 1. The van der Waals surface area contributed by atoms with E-state index in [0.717, 1.165) is 31.8 Å². The number of amides is 1. The zero-order valence-electron chi connectivity index (χ0n) is 8.08. The van der Waals surface area contributed by atoms with Gasteiger partial charge in [-0.25, -0.2) is 0 Å². The van der Waals surface area contributed by atoms with Crippen molar-refractivity contribution in [2.24, 2.45) is 11.8 Å². The van der Waals surface area contributed by atoms with E-state index in [1.807, 2.05) is 0 Å². The molecule has 2 aliphatic rings. The number of hydrogen-bond acceptors (Lipinski definition) is 2. The first-order valence-electron chi connectivity index (χ1n) is 5.14. The van der Waals surface area contributed by atoms with Crippen molar-refractivity contribution in [3.05, 3.63) is 0 Å². The Morgan fingerprint density at radius 3 is 2.77 bits per heavy atom. The average Bonchev–Trinajstić information content (AvgIpc) is 2.53. The van der Waals surface area contributed by atoms with E-state index in [2.05, 4.69) is 12.2 Å². The maximum Gasteiger partial charge on any atom is 0.225 e. The maximum absolute atomic E-state index is 11.6. The van der Waals surface area contributed by atoms with E-state index in [1.54, 1.807) is 0 Å². The van der Waals surface area contributed by atoms with Crippen LogP contribution in [0.1, 0.15) is 26.2 Å². The van der Waals surface area contributed by atoms with Crippen LogP contribution in [0.25, 0.3) is 0 Å². The van der Waals surface area contributed by atoms with Gasteiger partial charge in [0.2, 0.25) is 5.91 Å². The molecular weight excluding hydrogens is 166 g/mol. The lowest BCUT2D eigenvalue weighted by molar-refractivity contribution is -0.126. The van der Waals surface area contributed by atoms with E-state index < -0.39 is 0 Å². The van der Waals surface area contributed by atoms with Crippen LogP contribution in [0.2, 0.25) is 0 Å². The number of nitrogens with one attached hydrogen (secondary N) is 1. The van der Waals surface area contributed by atoms with Crippen molar-refractivity contribution in [1.82, 2.24) is 5.32 Å². The molecule has 1 atom stereocenters. The van der Waals surface area contributed by atoms with Gasteiger partial charge in [-0.2, -0.15) is 0 Å². The minimum atomic E-state index is 0.121. The fourth-order valence-electron chi connectivity index (χ4n) is 2.08. The van der Waals surface area contributed by atoms with Crippen LogP contribution in [-0.4, -0.2) is 25.2 Å². The summed E-state index contributed by atoms with van der Waals surface area (Å²) >= 11 is 0. The molecule has 0 aromatic heterocycles. The lowest BCUT2D eigenvalue weighted by Gasteiger charge is -2.33. The summed E-state index contributed by atoms with van der Waals surface area (Å²) in [7, 11) is 0. The standard InChI is InChI=1S/C10H17NO2/c1-7-4-9(5-7)11-10(12)8-2-3-13-6-8/h7-9H,2-6H2,1H3,(H,11,12). The Balaban J connectivity index is 1.72. The van der Waals surface area contributed by atoms with Crippen LogP contribution >= 0.6 is 0 Å². The second-order valence-corrected chi connectivity index (χ2v) is 4.34. The molecule has 2 fully saturated rings. The fourth-order valence-corrected chi connectivity index (χ4v) is 2.08. The van der Waals surface area contributed by atoms with Gasteiger partial charge in [0.05, 0.1) is 12.5 Å². The largest absolute Gasteiger partial charge is 0.381 e. The second-order valence-electron chi connectivity index (χ2n) is 4.34. The Morgan fingerprint density at radius 1 is 1.46 bits per heavy atom. The monoisotopic (exact) mass is 183 g/mol. The summed E-state index contributed by atoms with van der Waals surface area (Å²) in [5.41, 5.74) is 0. The highest BCUT2D eigenvalue weighted by molar-refractivity contribution is 5.79. The van der Waals surface area contributed by atoms with Crippen molar-refractivity contribution in [3.63, 3.8) is 0 Å². The third-order valence-electron chi connectivity index (χ3n) is 3.02. The van der Waals surface area contributed by atoms with Crippen LogP contribution in [0.3, 0.4) is 0 Å². The number of rotatable bonds is 2. The van der Waals surface area contributed by atoms with E-state index in [4.69, 9.17) is 4.74 Å². The number of ether oxygens (including phenoxy) is 1. The topological polar surface area (TPSA) is 38.3 Å². The fraction of sp³-hybridized carbons (Fsp3) is 0.900. The van der Waals surface area contributed by atoms with E-state index in [0.29, 0.717) is 12.6 Å². The van der Waals surface area contributed by atoms with Gasteiger partial charge >= 0.3 is 0 Å². The molecule has 74 valence electrons. The van der Waals surface area contributed by atoms with Crippen LogP contribution in [-0.2, 0) is 9.53 Å². The van der Waals surface area contributed by atoms with Gasteiger partial charge < -0.3 is 10.1 Å². The summed E-state index contributed by atoms with van der Waals surface area (Å²) in [4.78, 5) is 11.6. The van der Waals surface area contributed by atoms with Gasteiger partial charge in [0.15, 0.2) is 0 Å². The van der Waals surface area contributed by atoms with Gasteiger partial charge in [0.25, 0.3) is 0 Å². The van der Waals surface area contributed by atoms with Crippen molar-refractivity contribution >= 4 is 5.91 Å². The average molecular weight is 183 g/mol. The molecule has 0 bridgehead atoms. The van der Waals surface area contributed by atoms with Gasteiger partial charge in [-0.05, 0) is 25.2 Å². The minimum absolute atomic E-state index is 0.121. The van der Waals surface area contributed by atoms with Gasteiger partial charge in [0.1, 0.15) is 0 Å². The van der Waals surface area contributed by atoms with Crippen LogP contribution in [0.5, 0.6) is 0 Å². The molecule has 13 heavy (non-hydrogen) atoms. The summed E-state index contributed by atoms with van der Waals surface area (Å²) in [5.74, 6) is 1.12. The first-order chi connectivity index (χ1) is 6.25. The first-order valence-corrected chi connectivity index (χ1v) is 5.14. The van der Waals surface area contributed by atoms with E-state index in [-0.39, 0.29) is 11.8 Å². The lowest BCUT2D eigenvalue weighted by atomic mass is 9.81. The minimum Gasteiger partial charge on any atom is -0.381 e. The van der Waals surface area contributed by atoms with Crippen molar-refractivity contribution in [2.75, 3.05) is 13.2 Å². The Kier molecular flexibility index (Phi) is 2.54.